The van der Waals surface area contributed by atoms with Crippen LogP contribution in [-0.2, 0) is 5.41 Å². The molecular formula is C23H25N3OS. The highest BCUT2D eigenvalue weighted by Crippen LogP contribution is 2.37. The number of nitrogens with one attached hydrogen (secondary N) is 2. The normalized spacial score (nSPS) is 15.6. The topological polar surface area (TPSA) is 68.5 Å². The number of rotatable bonds is 4. The molecule has 0 saturated carbocycles. The molecule has 4 nitrogen and oxygen atoms in total. The average molecular weight is 392 g/mol. The van der Waals surface area contributed by atoms with Gasteiger partial charge in [0, 0.05) is 15.4 Å². The Morgan fingerprint density at radius 3 is 2.46 bits per heavy atom. The van der Waals surface area contributed by atoms with Gasteiger partial charge in [-0.1, -0.05) is 56.8 Å². The Labute approximate surface area is 170 Å². The molecule has 0 saturated heterocycles. The maximum Gasteiger partial charge on any atom is 0.144 e. The Bertz CT molecular complexity index is 983. The minimum Gasteiger partial charge on any atom is -0.505 e. The predicted octanol–water partition coefficient (Wildman–Crippen LogP) is 6.03. The van der Waals surface area contributed by atoms with Crippen LogP contribution in [0.25, 0.3) is 0 Å². The van der Waals surface area contributed by atoms with Crippen LogP contribution in [0.3, 0.4) is 0 Å². The van der Waals surface area contributed by atoms with E-state index in [-0.39, 0.29) is 11.2 Å². The van der Waals surface area contributed by atoms with Crippen LogP contribution in [0.15, 0.2) is 75.6 Å². The van der Waals surface area contributed by atoms with Crippen molar-refractivity contribution in [1.29, 1.82) is 5.41 Å². The fourth-order valence-electron chi connectivity index (χ4n) is 2.85. The molecule has 0 unspecified atom stereocenters. The Hall–Kier alpha value is -2.79. The zero-order chi connectivity index (χ0) is 20.3. The SMILES string of the molecule is Cc1cc(N/N=C2/C=C(Sc3ccccc3)C=CC2=N)c(O)c(C(C)(C)C)c1. The molecule has 0 bridgehead atoms. The van der Waals surface area contributed by atoms with Gasteiger partial charge >= 0.3 is 0 Å². The van der Waals surface area contributed by atoms with E-state index in [2.05, 4.69) is 31.3 Å². The van der Waals surface area contributed by atoms with Crippen LogP contribution in [0.1, 0.15) is 31.9 Å². The van der Waals surface area contributed by atoms with Crippen molar-refractivity contribution in [2.24, 2.45) is 5.10 Å². The van der Waals surface area contributed by atoms with Gasteiger partial charge in [0.25, 0.3) is 0 Å². The molecule has 0 spiro atoms. The molecule has 2 aromatic rings. The summed E-state index contributed by atoms with van der Waals surface area (Å²) >= 11 is 1.62. The monoisotopic (exact) mass is 391 g/mol. The maximum absolute atomic E-state index is 10.7. The highest BCUT2D eigenvalue weighted by Gasteiger charge is 2.21. The third-order valence-electron chi connectivity index (χ3n) is 4.31. The van der Waals surface area contributed by atoms with Crippen molar-refractivity contribution in [2.45, 2.75) is 38.0 Å². The number of aromatic hydroxyl groups is 1. The second-order valence-corrected chi connectivity index (χ2v) is 8.92. The lowest BCUT2D eigenvalue weighted by Crippen LogP contribution is -2.14. The van der Waals surface area contributed by atoms with Gasteiger partial charge in [-0.2, -0.15) is 5.10 Å². The number of thioether (sulfide) groups is 1. The van der Waals surface area contributed by atoms with Crippen LogP contribution in [-0.4, -0.2) is 16.5 Å². The first-order chi connectivity index (χ1) is 13.2. The van der Waals surface area contributed by atoms with Gasteiger partial charge in [0.1, 0.15) is 11.5 Å². The number of aryl methyl sites for hydroxylation is 1. The highest BCUT2D eigenvalue weighted by molar-refractivity contribution is 8.03. The molecule has 0 atom stereocenters. The molecule has 5 heteroatoms. The highest BCUT2D eigenvalue weighted by atomic mass is 32.2. The fourth-order valence-corrected chi connectivity index (χ4v) is 3.72. The standard InChI is InChI=1S/C23H25N3OS/c1-15-12-18(23(2,3)4)22(27)21(13-15)26-25-20-14-17(10-11-19(20)24)28-16-8-6-5-7-9-16/h5-14,24,26-27H,1-4H3/b24-19?,25-20-. The number of allylic oxidation sites excluding steroid dienone is 3. The van der Waals surface area contributed by atoms with Crippen LogP contribution in [0.2, 0.25) is 0 Å². The molecule has 0 heterocycles. The second kappa shape index (κ2) is 8.07. The number of anilines is 1. The van der Waals surface area contributed by atoms with E-state index in [0.29, 0.717) is 17.1 Å². The van der Waals surface area contributed by atoms with Gasteiger partial charge in [-0.25, -0.2) is 0 Å². The molecule has 1 aliphatic rings. The molecule has 0 amide bonds. The van der Waals surface area contributed by atoms with Crippen molar-refractivity contribution in [1.82, 2.24) is 0 Å². The van der Waals surface area contributed by atoms with Crippen LogP contribution < -0.4 is 5.43 Å². The fraction of sp³-hybridized carbons (Fsp3) is 0.217. The molecule has 0 radical (unpaired) electrons. The summed E-state index contributed by atoms with van der Waals surface area (Å²) < 4.78 is 0. The molecule has 28 heavy (non-hydrogen) atoms. The van der Waals surface area contributed by atoms with E-state index in [1.54, 1.807) is 17.8 Å². The zero-order valence-corrected chi connectivity index (χ0v) is 17.4. The second-order valence-electron chi connectivity index (χ2n) is 7.78. The largest absolute Gasteiger partial charge is 0.505 e. The molecule has 3 rings (SSSR count). The third kappa shape index (κ3) is 4.73. The summed E-state index contributed by atoms with van der Waals surface area (Å²) in [6.07, 6.45) is 5.54. The van der Waals surface area contributed by atoms with E-state index < -0.39 is 0 Å². The van der Waals surface area contributed by atoms with E-state index in [0.717, 1.165) is 20.9 Å². The first kappa shape index (κ1) is 20.0. The smallest absolute Gasteiger partial charge is 0.144 e. The molecule has 2 aromatic carbocycles. The Kier molecular flexibility index (Phi) is 5.75. The number of benzene rings is 2. The lowest BCUT2D eigenvalue weighted by molar-refractivity contribution is 0.448. The number of hydrogen-bond donors (Lipinski definition) is 3. The molecule has 144 valence electrons. The summed E-state index contributed by atoms with van der Waals surface area (Å²) in [7, 11) is 0. The Morgan fingerprint density at radius 2 is 1.79 bits per heavy atom. The molecule has 0 fully saturated rings. The quantitative estimate of drug-likeness (QED) is 0.338. The molecule has 0 aromatic heterocycles. The van der Waals surface area contributed by atoms with Gasteiger partial charge in [-0.15, -0.1) is 0 Å². The average Bonchev–Trinajstić information content (AvgIpc) is 2.64. The third-order valence-corrected chi connectivity index (χ3v) is 5.30. The van der Waals surface area contributed by atoms with Gasteiger partial charge in [0.2, 0.25) is 0 Å². The maximum atomic E-state index is 10.7. The first-order valence-electron chi connectivity index (χ1n) is 9.13. The van der Waals surface area contributed by atoms with Gasteiger partial charge in [0.05, 0.1) is 11.4 Å². The number of hydrazone groups is 1. The van der Waals surface area contributed by atoms with Crippen molar-refractivity contribution in [3.05, 3.63) is 76.7 Å². The van der Waals surface area contributed by atoms with Crippen molar-refractivity contribution in [2.75, 3.05) is 5.43 Å². The van der Waals surface area contributed by atoms with Crippen molar-refractivity contribution < 1.29 is 5.11 Å². The van der Waals surface area contributed by atoms with E-state index in [1.165, 1.54) is 0 Å². The van der Waals surface area contributed by atoms with Gasteiger partial charge in [0.15, 0.2) is 0 Å². The van der Waals surface area contributed by atoms with Crippen LogP contribution in [0.4, 0.5) is 5.69 Å². The summed E-state index contributed by atoms with van der Waals surface area (Å²) in [4.78, 5) is 2.14. The van der Waals surface area contributed by atoms with E-state index in [9.17, 15) is 5.11 Å². The summed E-state index contributed by atoms with van der Waals surface area (Å²) in [6.45, 7) is 8.19. The molecule has 3 N–H and O–H groups in total. The summed E-state index contributed by atoms with van der Waals surface area (Å²) in [6, 6.07) is 13.9. The molecule has 0 aliphatic heterocycles. The Morgan fingerprint density at radius 1 is 1.07 bits per heavy atom. The zero-order valence-electron chi connectivity index (χ0n) is 16.6. The van der Waals surface area contributed by atoms with Crippen LogP contribution in [0.5, 0.6) is 5.75 Å². The van der Waals surface area contributed by atoms with E-state index in [1.807, 2.05) is 61.5 Å². The van der Waals surface area contributed by atoms with Crippen LogP contribution >= 0.6 is 11.8 Å². The summed E-state index contributed by atoms with van der Waals surface area (Å²) in [5.74, 6) is 0.197. The minimum absolute atomic E-state index is 0.181. The van der Waals surface area contributed by atoms with E-state index >= 15 is 0 Å². The Balaban J connectivity index is 1.86. The number of phenols is 1. The number of nitrogens with zero attached hydrogens (tertiary/aromatic N) is 1. The van der Waals surface area contributed by atoms with Crippen molar-refractivity contribution in [3.63, 3.8) is 0 Å². The molecule has 1 aliphatic carbocycles. The summed E-state index contributed by atoms with van der Waals surface area (Å²) in [5, 5.41) is 23.2. The minimum atomic E-state index is -0.181. The van der Waals surface area contributed by atoms with Gasteiger partial charge < -0.3 is 5.11 Å². The summed E-state index contributed by atoms with van der Waals surface area (Å²) in [5.41, 5.74) is 6.09. The lowest BCUT2D eigenvalue weighted by atomic mass is 9.85. The van der Waals surface area contributed by atoms with Crippen molar-refractivity contribution >= 4 is 28.9 Å². The molecular weight excluding hydrogens is 366 g/mol. The first-order valence-corrected chi connectivity index (χ1v) is 9.95. The predicted molar refractivity (Wildman–Crippen MR) is 120 cm³/mol. The lowest BCUT2D eigenvalue weighted by Gasteiger charge is -2.22. The van der Waals surface area contributed by atoms with Gasteiger partial charge in [-0.05, 0) is 54.3 Å². The number of phenolic OH excluding ortho intramolecular Hbond substituents is 1. The van der Waals surface area contributed by atoms with E-state index in [4.69, 9.17) is 5.41 Å². The van der Waals surface area contributed by atoms with Crippen LogP contribution in [0, 0.1) is 12.3 Å². The van der Waals surface area contributed by atoms with Crippen molar-refractivity contribution in [3.8, 4) is 5.75 Å². The number of hydrogen-bond acceptors (Lipinski definition) is 5. The van der Waals surface area contributed by atoms with Gasteiger partial charge in [-0.3, -0.25) is 10.8 Å².